The normalized spacial score (nSPS) is 16.4. The van der Waals surface area contributed by atoms with Crippen LogP contribution in [0.25, 0.3) is 0 Å². The summed E-state index contributed by atoms with van der Waals surface area (Å²) >= 11 is 0. The van der Waals surface area contributed by atoms with Crippen molar-refractivity contribution in [3.8, 4) is 5.75 Å². The fourth-order valence-corrected chi connectivity index (χ4v) is 3.61. The van der Waals surface area contributed by atoms with Crippen LogP contribution >= 0.6 is 0 Å². The zero-order valence-corrected chi connectivity index (χ0v) is 16.9. The zero-order chi connectivity index (χ0) is 21.5. The van der Waals surface area contributed by atoms with E-state index in [4.69, 9.17) is 9.94 Å². The maximum atomic E-state index is 12.8. The van der Waals surface area contributed by atoms with Gasteiger partial charge < -0.3 is 20.1 Å². The van der Waals surface area contributed by atoms with E-state index in [1.807, 2.05) is 53.4 Å². The Bertz CT molecular complexity index is 871. The van der Waals surface area contributed by atoms with Crippen molar-refractivity contribution in [2.75, 3.05) is 17.3 Å². The van der Waals surface area contributed by atoms with E-state index in [0.717, 1.165) is 22.7 Å². The number of anilines is 2. The van der Waals surface area contributed by atoms with E-state index in [1.165, 1.54) is 0 Å². The molecule has 0 saturated heterocycles. The SMILES string of the molecule is COc1ccc(CN2c3ccccc3NC(=O)[C@H]2CC[C@@H](O)CCC(=O)NO)cc1. The Labute approximate surface area is 175 Å². The molecule has 3 rings (SSSR count). The Morgan fingerprint density at radius 1 is 1.20 bits per heavy atom. The van der Waals surface area contributed by atoms with Crippen molar-refractivity contribution in [2.24, 2.45) is 0 Å². The molecule has 0 aliphatic carbocycles. The second kappa shape index (κ2) is 10.1. The van der Waals surface area contributed by atoms with Gasteiger partial charge in [-0.2, -0.15) is 0 Å². The van der Waals surface area contributed by atoms with Gasteiger partial charge in [-0.1, -0.05) is 24.3 Å². The van der Waals surface area contributed by atoms with Gasteiger partial charge in [-0.15, -0.1) is 0 Å². The van der Waals surface area contributed by atoms with Gasteiger partial charge in [-0.25, -0.2) is 5.48 Å². The molecule has 0 radical (unpaired) electrons. The minimum absolute atomic E-state index is 0.0208. The van der Waals surface area contributed by atoms with Crippen LogP contribution in [0.3, 0.4) is 0 Å². The third-order valence-corrected chi connectivity index (χ3v) is 5.26. The number of methoxy groups -OCH3 is 1. The number of benzene rings is 2. The maximum absolute atomic E-state index is 12.8. The number of nitrogens with one attached hydrogen (secondary N) is 2. The standard InChI is InChI=1S/C22H27N3O5/c1-30-17-10-6-15(7-11-17)14-25-19-5-3-2-4-18(19)23-22(28)20(25)12-8-16(26)9-13-21(27)24-29/h2-7,10-11,16,20,26,29H,8-9,12-14H2,1H3,(H,23,28)(H,24,27)/t16-,20-/m1/s1. The predicted octanol–water partition coefficient (Wildman–Crippen LogP) is 2.45. The lowest BCUT2D eigenvalue weighted by Gasteiger charge is -2.38. The fraction of sp³-hybridized carbons (Fsp3) is 0.364. The topological polar surface area (TPSA) is 111 Å². The number of hydrogen-bond acceptors (Lipinski definition) is 6. The molecule has 0 spiro atoms. The quantitative estimate of drug-likeness (QED) is 0.371. The molecule has 1 aliphatic heterocycles. The highest BCUT2D eigenvalue weighted by atomic mass is 16.5. The van der Waals surface area contributed by atoms with Crippen LogP contribution in [0.15, 0.2) is 48.5 Å². The van der Waals surface area contributed by atoms with Crippen molar-refractivity contribution < 1.29 is 24.6 Å². The lowest BCUT2D eigenvalue weighted by Crippen LogP contribution is -2.48. The Hall–Kier alpha value is -3.10. The smallest absolute Gasteiger partial charge is 0.247 e. The summed E-state index contributed by atoms with van der Waals surface area (Å²) < 4.78 is 5.22. The number of rotatable bonds is 9. The van der Waals surface area contributed by atoms with Gasteiger partial charge in [0.05, 0.1) is 24.6 Å². The van der Waals surface area contributed by atoms with Gasteiger partial charge in [0.25, 0.3) is 0 Å². The first-order valence-corrected chi connectivity index (χ1v) is 9.92. The zero-order valence-electron chi connectivity index (χ0n) is 16.9. The molecular formula is C22H27N3O5. The molecule has 0 fully saturated rings. The van der Waals surface area contributed by atoms with Gasteiger partial charge in [-0.3, -0.25) is 14.8 Å². The van der Waals surface area contributed by atoms with Gasteiger partial charge in [-0.05, 0) is 49.1 Å². The van der Waals surface area contributed by atoms with Crippen LogP contribution in [0, 0.1) is 0 Å². The Morgan fingerprint density at radius 2 is 1.93 bits per heavy atom. The molecule has 30 heavy (non-hydrogen) atoms. The lowest BCUT2D eigenvalue weighted by atomic mass is 9.99. The van der Waals surface area contributed by atoms with Crippen LogP contribution in [-0.2, 0) is 16.1 Å². The van der Waals surface area contributed by atoms with Crippen LogP contribution in [-0.4, -0.2) is 41.4 Å². The Morgan fingerprint density at radius 3 is 2.63 bits per heavy atom. The first-order valence-electron chi connectivity index (χ1n) is 9.92. The molecule has 4 N–H and O–H groups in total. The number of amides is 2. The maximum Gasteiger partial charge on any atom is 0.247 e. The lowest BCUT2D eigenvalue weighted by molar-refractivity contribution is -0.129. The van der Waals surface area contributed by atoms with Crippen molar-refractivity contribution in [3.05, 3.63) is 54.1 Å². The van der Waals surface area contributed by atoms with E-state index in [0.29, 0.717) is 19.4 Å². The third-order valence-electron chi connectivity index (χ3n) is 5.26. The summed E-state index contributed by atoms with van der Waals surface area (Å²) in [5, 5.41) is 21.7. The van der Waals surface area contributed by atoms with Crippen LogP contribution in [0.4, 0.5) is 11.4 Å². The van der Waals surface area contributed by atoms with Gasteiger partial charge in [0.15, 0.2) is 0 Å². The van der Waals surface area contributed by atoms with Gasteiger partial charge in [0, 0.05) is 13.0 Å². The number of nitrogens with zero attached hydrogens (tertiary/aromatic N) is 1. The monoisotopic (exact) mass is 413 g/mol. The Balaban J connectivity index is 1.75. The molecule has 8 heteroatoms. The van der Waals surface area contributed by atoms with E-state index in [1.54, 1.807) is 12.6 Å². The molecule has 160 valence electrons. The van der Waals surface area contributed by atoms with Crippen molar-refractivity contribution in [3.63, 3.8) is 0 Å². The molecule has 0 bridgehead atoms. The average Bonchev–Trinajstić information content (AvgIpc) is 2.77. The summed E-state index contributed by atoms with van der Waals surface area (Å²) in [5.41, 5.74) is 4.27. The second-order valence-corrected chi connectivity index (χ2v) is 7.30. The number of aliphatic hydroxyl groups excluding tert-OH is 1. The number of fused-ring (bicyclic) bond motifs is 1. The average molecular weight is 413 g/mol. The molecular weight excluding hydrogens is 386 g/mol. The summed E-state index contributed by atoms with van der Waals surface area (Å²) in [5.74, 6) is 0.101. The molecule has 2 amide bonds. The Kier molecular flexibility index (Phi) is 7.26. The van der Waals surface area contributed by atoms with Crippen molar-refractivity contribution >= 4 is 23.2 Å². The molecule has 8 nitrogen and oxygen atoms in total. The summed E-state index contributed by atoms with van der Waals surface area (Å²) in [6, 6.07) is 14.9. The highest BCUT2D eigenvalue weighted by Gasteiger charge is 2.33. The third kappa shape index (κ3) is 5.28. The van der Waals surface area contributed by atoms with Gasteiger partial charge in [0.2, 0.25) is 11.8 Å². The number of hydroxylamine groups is 1. The number of carbonyl (C=O) groups excluding carboxylic acids is 2. The summed E-state index contributed by atoms with van der Waals surface area (Å²) in [4.78, 5) is 26.0. The summed E-state index contributed by atoms with van der Waals surface area (Å²) in [6.07, 6.45) is 0.286. The summed E-state index contributed by atoms with van der Waals surface area (Å²) in [6.45, 7) is 0.530. The highest BCUT2D eigenvalue weighted by Crippen LogP contribution is 2.34. The van der Waals surface area contributed by atoms with Crippen LogP contribution in [0.5, 0.6) is 5.75 Å². The van der Waals surface area contributed by atoms with Crippen LogP contribution in [0.2, 0.25) is 0 Å². The van der Waals surface area contributed by atoms with E-state index in [-0.39, 0.29) is 18.7 Å². The molecule has 2 atom stereocenters. The van der Waals surface area contributed by atoms with Crippen LogP contribution < -0.4 is 20.4 Å². The van der Waals surface area contributed by atoms with Crippen molar-refractivity contribution in [1.82, 2.24) is 5.48 Å². The van der Waals surface area contributed by atoms with Crippen molar-refractivity contribution in [2.45, 2.75) is 44.4 Å². The number of ether oxygens (including phenoxy) is 1. The van der Waals surface area contributed by atoms with E-state index < -0.39 is 18.1 Å². The molecule has 0 saturated carbocycles. The predicted molar refractivity (Wildman–Crippen MR) is 112 cm³/mol. The summed E-state index contributed by atoms with van der Waals surface area (Å²) in [7, 11) is 1.62. The largest absolute Gasteiger partial charge is 0.497 e. The minimum Gasteiger partial charge on any atom is -0.497 e. The number of carbonyl (C=O) groups is 2. The number of aliphatic hydroxyl groups is 1. The van der Waals surface area contributed by atoms with E-state index in [2.05, 4.69) is 5.32 Å². The first-order chi connectivity index (χ1) is 14.5. The molecule has 1 aliphatic rings. The molecule has 0 aromatic heterocycles. The molecule has 2 aromatic rings. The molecule has 0 unspecified atom stereocenters. The first kappa shape index (κ1) is 21.6. The van der Waals surface area contributed by atoms with E-state index >= 15 is 0 Å². The second-order valence-electron chi connectivity index (χ2n) is 7.30. The van der Waals surface area contributed by atoms with Crippen LogP contribution in [0.1, 0.15) is 31.2 Å². The molecule has 2 aromatic carbocycles. The fourth-order valence-electron chi connectivity index (χ4n) is 3.61. The van der Waals surface area contributed by atoms with Crippen molar-refractivity contribution in [1.29, 1.82) is 0 Å². The highest BCUT2D eigenvalue weighted by molar-refractivity contribution is 6.03. The minimum atomic E-state index is -0.741. The molecule has 1 heterocycles. The number of para-hydroxylation sites is 2. The van der Waals surface area contributed by atoms with Gasteiger partial charge >= 0.3 is 0 Å². The van der Waals surface area contributed by atoms with E-state index in [9.17, 15) is 14.7 Å². The number of hydrogen-bond donors (Lipinski definition) is 4. The van der Waals surface area contributed by atoms with Gasteiger partial charge in [0.1, 0.15) is 11.8 Å².